The van der Waals surface area contributed by atoms with Crippen LogP contribution in [0.2, 0.25) is 0 Å². The van der Waals surface area contributed by atoms with Gasteiger partial charge in [-0.15, -0.1) is 0 Å². The number of fused-ring (bicyclic) bond motifs is 2. The molecule has 85 heavy (non-hydrogen) atoms. The molecule has 8 aromatic carbocycles. The molecule has 1 heterocycles. The molecule has 0 aliphatic carbocycles. The first-order chi connectivity index (χ1) is 39.1. The van der Waals surface area contributed by atoms with Crippen LogP contribution in [-0.2, 0) is 62.4 Å². The Bertz CT molecular complexity index is 3460. The monoisotopic (exact) mass is 1220 g/mol. The molecule has 9 aromatic rings. The summed E-state index contributed by atoms with van der Waals surface area (Å²) >= 11 is 0. The molecule has 0 saturated heterocycles. The van der Waals surface area contributed by atoms with Crippen molar-refractivity contribution in [1.29, 1.82) is 0 Å². The van der Waals surface area contributed by atoms with E-state index in [1.807, 2.05) is 0 Å². The van der Waals surface area contributed by atoms with Crippen LogP contribution in [0, 0.1) is 0 Å². The Balaban J connectivity index is 0.000000276. The van der Waals surface area contributed by atoms with Gasteiger partial charge in [-0.1, -0.05) is 133 Å². The van der Waals surface area contributed by atoms with Crippen LogP contribution in [0.3, 0.4) is 0 Å². The summed E-state index contributed by atoms with van der Waals surface area (Å²) in [6.07, 6.45) is -53.9. The van der Waals surface area contributed by atoms with Crippen LogP contribution in [0.25, 0.3) is 21.7 Å². The van der Waals surface area contributed by atoms with Gasteiger partial charge in [0.1, 0.15) is 6.15 Å². The lowest BCUT2D eigenvalue weighted by Crippen LogP contribution is -2.75. The Morgan fingerprint density at radius 2 is 0.553 bits per heavy atom. The van der Waals surface area contributed by atoms with Crippen molar-refractivity contribution in [3.05, 3.63) is 243 Å². The number of halogens is 24. The third-order valence-electron chi connectivity index (χ3n) is 13.9. The molecule has 0 amide bonds. The summed E-state index contributed by atoms with van der Waals surface area (Å²) in [4.78, 5) is 0. The van der Waals surface area contributed by atoms with Gasteiger partial charge in [-0.05, 0) is 52.7 Å². The van der Waals surface area contributed by atoms with Gasteiger partial charge in [0, 0.05) is 23.1 Å². The minimum absolute atomic E-state index is 0.691. The summed E-state index contributed by atoms with van der Waals surface area (Å²) < 4.78 is 343. The van der Waals surface area contributed by atoms with E-state index in [4.69, 9.17) is 0 Å². The lowest BCUT2D eigenvalue weighted by Gasteiger charge is -2.46. The minimum Gasteiger partial charge on any atom is -0.194 e. The lowest BCUT2D eigenvalue weighted by atomic mass is 9.12. The SMILES string of the molecule is FC(F)(F)c1cc([B-](c2cc(C(F)(F)F)cc(C(F)(F)F)c2)(c2cc(C(F)(F)F)cc(C(F)(F)F)c2)c2cc(C(F)(F)F)cc(C(F)(F)F)c2)cc(C(F)(F)F)c1.c1ccc(C[n+]2c(Cc3ccc4ccccc4c3)ccc3ccccc32)cc1. The van der Waals surface area contributed by atoms with Crippen LogP contribution < -0.4 is 26.4 Å². The smallest absolute Gasteiger partial charge is 0.194 e. The van der Waals surface area contributed by atoms with Gasteiger partial charge >= 0.3 is 49.4 Å². The largest absolute Gasteiger partial charge is 0.416 e. The number of para-hydroxylation sites is 1. The predicted molar refractivity (Wildman–Crippen MR) is 267 cm³/mol. The molecule has 1 nitrogen and oxygen atoms in total. The number of pyridine rings is 1. The molecule has 1 aromatic heterocycles. The first-order valence-corrected chi connectivity index (χ1v) is 24.4. The Morgan fingerprint density at radius 3 is 0.894 bits per heavy atom. The van der Waals surface area contributed by atoms with Crippen LogP contribution in [0.5, 0.6) is 0 Å². The maximum Gasteiger partial charge on any atom is 0.416 e. The standard InChI is InChI=1S/C32H12BF24.C27H22N/c34-25(35,36)13-1-14(26(37,38)39)6-21(5-13)33(22-7-15(27(40,41)42)2-16(8-22)28(43,44)45,23-9-17(29(46,47)48)3-18(10-23)30(49,50)51)24-11-19(31(52,53)54)4-20(12-24)32(55,56)57;1-2-8-21(9-3-1)20-28-26(17-16-24-11-6-7-13-27(24)28)19-22-14-15-23-10-4-5-12-25(23)18-22/h1-12H;1-18H,19-20H2/q-1;+1. The van der Waals surface area contributed by atoms with E-state index in [1.165, 1.54) is 38.5 Å². The van der Waals surface area contributed by atoms with Crippen molar-refractivity contribution >= 4 is 49.7 Å². The zero-order valence-electron chi connectivity index (χ0n) is 42.3. The molecule has 0 aliphatic heterocycles. The normalized spacial score (nSPS) is 13.3. The fourth-order valence-corrected chi connectivity index (χ4v) is 10.0. The van der Waals surface area contributed by atoms with Gasteiger partial charge in [0.15, 0.2) is 12.2 Å². The van der Waals surface area contributed by atoms with Gasteiger partial charge < -0.3 is 0 Å². The van der Waals surface area contributed by atoms with Crippen molar-refractivity contribution in [3.63, 3.8) is 0 Å². The van der Waals surface area contributed by atoms with Gasteiger partial charge in [-0.2, -0.15) is 132 Å². The van der Waals surface area contributed by atoms with Crippen molar-refractivity contribution in [2.45, 2.75) is 62.4 Å². The summed E-state index contributed by atoms with van der Waals surface area (Å²) in [5.41, 5.74) is -24.9. The highest BCUT2D eigenvalue weighted by Crippen LogP contribution is 2.42. The number of alkyl halides is 24. The van der Waals surface area contributed by atoms with Crippen LogP contribution in [0.15, 0.2) is 182 Å². The predicted octanol–water partition coefficient (Wildman–Crippen LogP) is 17.1. The van der Waals surface area contributed by atoms with Crippen molar-refractivity contribution in [2.24, 2.45) is 0 Å². The summed E-state index contributed by atoms with van der Waals surface area (Å²) in [5, 5.41) is 3.87. The van der Waals surface area contributed by atoms with Gasteiger partial charge in [0.25, 0.3) is 0 Å². The highest BCUT2D eigenvalue weighted by molar-refractivity contribution is 7.20. The summed E-state index contributed by atoms with van der Waals surface area (Å²) in [6.45, 7) is 0.880. The molecule has 26 heteroatoms. The van der Waals surface area contributed by atoms with Gasteiger partial charge in [-0.25, -0.2) is 0 Å². The summed E-state index contributed by atoms with van der Waals surface area (Å²) in [6, 6.07) is 30.4. The highest BCUT2D eigenvalue weighted by Gasteiger charge is 2.47. The van der Waals surface area contributed by atoms with Crippen molar-refractivity contribution in [1.82, 2.24) is 0 Å². The van der Waals surface area contributed by atoms with E-state index in [0.29, 0.717) is 0 Å². The molecule has 9 rings (SSSR count). The number of hydrogen-bond acceptors (Lipinski definition) is 0. The second-order valence-corrected chi connectivity index (χ2v) is 19.5. The van der Waals surface area contributed by atoms with E-state index in [0.717, 1.165) is 13.0 Å². The number of benzene rings is 8. The molecular weight excluding hydrogens is 1190 g/mol. The zero-order valence-corrected chi connectivity index (χ0v) is 42.3. The maximum atomic E-state index is 14.2. The summed E-state index contributed by atoms with van der Waals surface area (Å²) in [5.74, 6) is 0. The molecule has 0 atom stereocenters. The minimum atomic E-state index is -6.13. The van der Waals surface area contributed by atoms with Crippen LogP contribution in [0.1, 0.15) is 61.3 Å². The van der Waals surface area contributed by atoms with Gasteiger partial charge in [0.05, 0.1) is 50.9 Å². The second-order valence-electron chi connectivity index (χ2n) is 19.5. The van der Waals surface area contributed by atoms with Crippen LogP contribution >= 0.6 is 0 Å². The van der Waals surface area contributed by atoms with Crippen molar-refractivity contribution in [3.8, 4) is 0 Å². The Hall–Kier alpha value is -8.19. The Kier molecular flexibility index (Phi) is 16.5. The van der Waals surface area contributed by atoms with E-state index in [2.05, 4.69) is 114 Å². The van der Waals surface area contributed by atoms with Crippen molar-refractivity contribution in [2.75, 3.05) is 0 Å². The van der Waals surface area contributed by atoms with Crippen LogP contribution in [-0.4, -0.2) is 6.15 Å². The average molecular weight is 1220 g/mol. The Morgan fingerprint density at radius 1 is 0.259 bits per heavy atom. The lowest BCUT2D eigenvalue weighted by molar-refractivity contribution is -0.669. The van der Waals surface area contributed by atoms with E-state index in [1.54, 1.807) is 0 Å². The van der Waals surface area contributed by atoms with E-state index < -0.39 is 195 Å². The fourth-order valence-electron chi connectivity index (χ4n) is 10.0. The molecule has 0 fully saturated rings. The highest BCUT2D eigenvalue weighted by atomic mass is 19.4. The topological polar surface area (TPSA) is 3.88 Å². The molecule has 0 saturated carbocycles. The molecule has 0 spiro atoms. The van der Waals surface area contributed by atoms with Crippen LogP contribution in [0.4, 0.5) is 105 Å². The third kappa shape index (κ3) is 14.0. The maximum absolute atomic E-state index is 14.2. The van der Waals surface area contributed by atoms with E-state index in [-0.39, 0.29) is 0 Å². The Labute approximate surface area is 464 Å². The van der Waals surface area contributed by atoms with Crippen molar-refractivity contribution < 1.29 is 110 Å². The quantitative estimate of drug-likeness (QED) is 0.0811. The first-order valence-electron chi connectivity index (χ1n) is 24.4. The number of aromatic nitrogens is 1. The number of hydrogen-bond donors (Lipinski definition) is 0. The molecule has 0 N–H and O–H groups in total. The number of nitrogens with zero attached hydrogens (tertiary/aromatic N) is 1. The molecule has 0 unspecified atom stereocenters. The van der Waals surface area contributed by atoms with Gasteiger partial charge in [0.2, 0.25) is 5.52 Å². The van der Waals surface area contributed by atoms with Gasteiger partial charge in [-0.3, -0.25) is 0 Å². The van der Waals surface area contributed by atoms with E-state index in [9.17, 15) is 105 Å². The molecule has 0 aliphatic rings. The first kappa shape index (κ1) is 62.9. The third-order valence-corrected chi connectivity index (χ3v) is 13.9. The number of rotatable bonds is 8. The molecular formula is C59H34BF24N. The zero-order chi connectivity index (χ0) is 62.7. The average Bonchev–Trinajstić information content (AvgIpc) is 0.777. The molecule has 0 bridgehead atoms. The fraction of sp³-hybridized carbons (Fsp3) is 0.169. The second kappa shape index (κ2) is 22.3. The molecule has 0 radical (unpaired) electrons. The van der Waals surface area contributed by atoms with E-state index >= 15 is 0 Å². The molecule has 446 valence electrons. The summed E-state index contributed by atoms with van der Waals surface area (Å²) in [7, 11) is 0.